The average Bonchev–Trinajstić information content (AvgIpc) is 2.38. The molecule has 8 N–H and O–H groups in total. The highest BCUT2D eigenvalue weighted by Gasteiger charge is 2.08. The molecule has 0 saturated carbocycles. The summed E-state index contributed by atoms with van der Waals surface area (Å²) in [4.78, 5) is 20.7. The third-order valence-electron chi connectivity index (χ3n) is 2.50. The lowest BCUT2D eigenvalue weighted by Crippen LogP contribution is -1.97. The van der Waals surface area contributed by atoms with Crippen LogP contribution < -0.4 is 11.5 Å². The van der Waals surface area contributed by atoms with Gasteiger partial charge in [-0.15, -0.1) is 0 Å². The number of anilines is 2. The standard InChI is InChI=1S/2C7H7NO3.Al/c2*8-4-1-2-5(7(10)11)6(9)3-4;/h2*1-3,9H,8H2,(H,10,11);. The largest absolute Gasteiger partial charge is 0.507 e. The van der Waals surface area contributed by atoms with Crippen molar-refractivity contribution in [3.05, 3.63) is 47.5 Å². The Balaban J connectivity index is 0.000000403. The maximum Gasteiger partial charge on any atom is 0.339 e. The lowest BCUT2D eigenvalue weighted by atomic mass is 10.2. The van der Waals surface area contributed by atoms with Crippen LogP contribution in [0, 0.1) is 0 Å². The molecule has 3 radical (unpaired) electrons. The van der Waals surface area contributed by atoms with E-state index in [-0.39, 0.29) is 40.0 Å². The van der Waals surface area contributed by atoms with Crippen LogP contribution in [0.2, 0.25) is 0 Å². The first-order valence-corrected chi connectivity index (χ1v) is 5.86. The van der Waals surface area contributed by atoms with Gasteiger partial charge in [-0.25, -0.2) is 9.59 Å². The molecule has 0 aliphatic carbocycles. The summed E-state index contributed by atoms with van der Waals surface area (Å²) in [7, 11) is 0. The van der Waals surface area contributed by atoms with Gasteiger partial charge in [0.2, 0.25) is 0 Å². The van der Waals surface area contributed by atoms with Crippen LogP contribution in [0.5, 0.6) is 11.5 Å². The summed E-state index contributed by atoms with van der Waals surface area (Å²) in [5.41, 5.74) is 11.0. The van der Waals surface area contributed by atoms with Crippen LogP contribution in [0.3, 0.4) is 0 Å². The van der Waals surface area contributed by atoms with Gasteiger partial charge in [0.25, 0.3) is 0 Å². The Morgan fingerprint density at radius 3 is 1.26 bits per heavy atom. The number of aromatic carboxylic acids is 2. The van der Waals surface area contributed by atoms with Crippen LogP contribution in [-0.4, -0.2) is 49.7 Å². The minimum Gasteiger partial charge on any atom is -0.507 e. The zero-order chi connectivity index (χ0) is 16.9. The van der Waals surface area contributed by atoms with Crippen molar-refractivity contribution in [3.63, 3.8) is 0 Å². The number of benzene rings is 2. The van der Waals surface area contributed by atoms with E-state index in [4.69, 9.17) is 31.9 Å². The number of rotatable bonds is 2. The van der Waals surface area contributed by atoms with Crippen molar-refractivity contribution in [2.24, 2.45) is 0 Å². The number of nitrogen functional groups attached to an aromatic ring is 2. The molecule has 0 fully saturated rings. The minimum atomic E-state index is -1.16. The van der Waals surface area contributed by atoms with E-state index in [2.05, 4.69) is 0 Å². The van der Waals surface area contributed by atoms with Crippen molar-refractivity contribution in [2.75, 3.05) is 11.5 Å². The molecule has 0 aromatic heterocycles. The maximum absolute atomic E-state index is 10.3. The van der Waals surface area contributed by atoms with E-state index >= 15 is 0 Å². The van der Waals surface area contributed by atoms with E-state index in [1.165, 1.54) is 36.4 Å². The third kappa shape index (κ3) is 5.78. The monoisotopic (exact) mass is 333 g/mol. The zero-order valence-corrected chi connectivity index (χ0v) is 13.0. The van der Waals surface area contributed by atoms with Crippen LogP contribution >= 0.6 is 0 Å². The first-order valence-electron chi connectivity index (χ1n) is 5.86. The molecule has 0 aliphatic heterocycles. The predicted molar refractivity (Wildman–Crippen MR) is 84.7 cm³/mol. The fourth-order valence-corrected chi connectivity index (χ4v) is 1.46. The van der Waals surface area contributed by atoms with Gasteiger partial charge in [0.15, 0.2) is 0 Å². The van der Waals surface area contributed by atoms with Crippen molar-refractivity contribution >= 4 is 40.7 Å². The number of carboxylic acid groups (broad SMARTS) is 2. The van der Waals surface area contributed by atoms with E-state index in [0.717, 1.165) is 0 Å². The third-order valence-corrected chi connectivity index (χ3v) is 2.50. The molecule has 23 heavy (non-hydrogen) atoms. The lowest BCUT2D eigenvalue weighted by molar-refractivity contribution is 0.0682. The van der Waals surface area contributed by atoms with E-state index < -0.39 is 11.9 Å². The molecule has 2 aromatic rings. The average molecular weight is 333 g/mol. The first kappa shape index (κ1) is 20.1. The van der Waals surface area contributed by atoms with Crippen LogP contribution in [0.1, 0.15) is 20.7 Å². The Kier molecular flexibility index (Phi) is 7.46. The van der Waals surface area contributed by atoms with Crippen LogP contribution in [-0.2, 0) is 0 Å². The second-order valence-electron chi connectivity index (χ2n) is 4.16. The predicted octanol–water partition coefficient (Wildman–Crippen LogP) is 0.964. The molecule has 0 atom stereocenters. The second-order valence-corrected chi connectivity index (χ2v) is 4.16. The number of carboxylic acids is 2. The Morgan fingerprint density at radius 1 is 0.739 bits per heavy atom. The molecule has 0 amide bonds. The summed E-state index contributed by atoms with van der Waals surface area (Å²) in [6.45, 7) is 0. The molecular weight excluding hydrogens is 319 g/mol. The van der Waals surface area contributed by atoms with Gasteiger partial charge in [0, 0.05) is 40.9 Å². The SMILES string of the molecule is Nc1ccc(C(=O)O)c(O)c1.Nc1ccc(C(=O)O)c(O)c1.[Al]. The number of nitrogens with two attached hydrogens (primary N) is 2. The number of hydrogen-bond donors (Lipinski definition) is 6. The highest BCUT2D eigenvalue weighted by Crippen LogP contribution is 2.20. The van der Waals surface area contributed by atoms with E-state index in [1.54, 1.807) is 0 Å². The van der Waals surface area contributed by atoms with Crippen molar-refractivity contribution in [3.8, 4) is 11.5 Å². The number of phenols is 2. The Morgan fingerprint density at radius 2 is 1.04 bits per heavy atom. The molecule has 2 aromatic carbocycles. The molecule has 119 valence electrons. The highest BCUT2D eigenvalue weighted by molar-refractivity contribution is 5.91. The van der Waals surface area contributed by atoms with Gasteiger partial charge in [0.05, 0.1) is 0 Å². The summed E-state index contributed by atoms with van der Waals surface area (Å²) in [6.07, 6.45) is 0. The van der Waals surface area contributed by atoms with Crippen LogP contribution in [0.25, 0.3) is 0 Å². The second kappa shape index (κ2) is 8.53. The molecule has 0 bridgehead atoms. The van der Waals surface area contributed by atoms with Gasteiger partial charge in [-0.2, -0.15) is 0 Å². The lowest BCUT2D eigenvalue weighted by Gasteiger charge is -1.98. The smallest absolute Gasteiger partial charge is 0.339 e. The molecule has 0 spiro atoms. The molecule has 0 heterocycles. The Labute approximate surface area is 141 Å². The van der Waals surface area contributed by atoms with E-state index in [1.807, 2.05) is 0 Å². The molecule has 8 nitrogen and oxygen atoms in total. The number of aromatic hydroxyl groups is 2. The fraction of sp³-hybridized carbons (Fsp3) is 0. The van der Waals surface area contributed by atoms with E-state index in [0.29, 0.717) is 11.4 Å². The quantitative estimate of drug-likeness (QED) is 0.349. The van der Waals surface area contributed by atoms with Crippen molar-refractivity contribution in [1.29, 1.82) is 0 Å². The van der Waals surface area contributed by atoms with Gasteiger partial charge in [-0.3, -0.25) is 0 Å². The maximum atomic E-state index is 10.3. The molecule has 2 rings (SSSR count). The topological polar surface area (TPSA) is 167 Å². The van der Waals surface area contributed by atoms with Gasteiger partial charge >= 0.3 is 11.9 Å². The summed E-state index contributed by atoms with van der Waals surface area (Å²) >= 11 is 0. The Hall–Kier alpha value is -2.89. The zero-order valence-electron chi connectivity index (χ0n) is 11.8. The molecular formula is C14H14AlN2O6. The molecule has 0 unspecified atom stereocenters. The summed E-state index contributed by atoms with van der Waals surface area (Å²) in [6, 6.07) is 7.75. The minimum absolute atomic E-state index is 0. The summed E-state index contributed by atoms with van der Waals surface area (Å²) in [5.74, 6) is -2.94. The van der Waals surface area contributed by atoms with Gasteiger partial charge in [-0.05, 0) is 24.3 Å². The van der Waals surface area contributed by atoms with Gasteiger partial charge in [0.1, 0.15) is 22.6 Å². The molecule has 9 heteroatoms. The number of carbonyl (C=O) groups is 2. The van der Waals surface area contributed by atoms with Crippen LogP contribution in [0.4, 0.5) is 11.4 Å². The summed E-state index contributed by atoms with van der Waals surface area (Å²) < 4.78 is 0. The first-order chi connectivity index (χ1) is 10.2. The fourth-order valence-electron chi connectivity index (χ4n) is 1.46. The van der Waals surface area contributed by atoms with Crippen molar-refractivity contribution < 1.29 is 30.0 Å². The molecule has 0 aliphatic rings. The normalized spacial score (nSPS) is 9.04. The Bertz CT molecular complexity index is 659. The van der Waals surface area contributed by atoms with E-state index in [9.17, 15) is 9.59 Å². The van der Waals surface area contributed by atoms with Crippen molar-refractivity contribution in [2.45, 2.75) is 0 Å². The van der Waals surface area contributed by atoms with Gasteiger partial charge in [-0.1, -0.05) is 0 Å². The van der Waals surface area contributed by atoms with Gasteiger partial charge < -0.3 is 31.9 Å². The molecule has 0 saturated heterocycles. The number of hydrogen-bond acceptors (Lipinski definition) is 6. The van der Waals surface area contributed by atoms with Crippen LogP contribution in [0.15, 0.2) is 36.4 Å². The summed E-state index contributed by atoms with van der Waals surface area (Å²) in [5, 5.41) is 34.9. The van der Waals surface area contributed by atoms with Crippen molar-refractivity contribution in [1.82, 2.24) is 0 Å². The highest BCUT2D eigenvalue weighted by atomic mass is 27.0.